The molecule has 4 rings (SSSR count). The maximum absolute atomic E-state index is 14.6. The number of aryl methyl sites for hydroxylation is 1. The van der Waals surface area contributed by atoms with Crippen LogP contribution in [0.4, 0.5) is 15.8 Å². The quantitative estimate of drug-likeness (QED) is 0.216. The summed E-state index contributed by atoms with van der Waals surface area (Å²) in [5.74, 6) is 0.00629. The normalized spacial score (nSPS) is 14.8. The van der Waals surface area contributed by atoms with Gasteiger partial charge in [0.05, 0.1) is 13.2 Å². The molecule has 7 heteroatoms. The minimum absolute atomic E-state index is 0.114. The van der Waals surface area contributed by atoms with Crippen LogP contribution < -0.4 is 9.64 Å². The molecule has 1 aliphatic heterocycles. The second-order valence-electron chi connectivity index (χ2n) is 8.93. The fraction of sp³-hybridized carbons (Fsp3) is 0.250. The first kappa shape index (κ1) is 24.4. The molecule has 0 saturated carbocycles. The molecule has 1 saturated heterocycles. The molecule has 0 bridgehead atoms. The SMILES string of the molecule is [C-]#[N+]c1ccc(N2C(=O)C(C)(C)N(CCCOc3ccc(-c4ccccc4)c(F)c3)C2=S)cc1C. The zero-order valence-electron chi connectivity index (χ0n) is 19.9. The number of carbonyl (C=O) groups excluding carboxylic acids is 1. The number of halogens is 1. The molecule has 0 radical (unpaired) electrons. The molecule has 0 aromatic heterocycles. The number of carbonyl (C=O) groups is 1. The molecule has 1 heterocycles. The Morgan fingerprint density at radius 3 is 2.49 bits per heavy atom. The van der Waals surface area contributed by atoms with Gasteiger partial charge in [-0.2, -0.15) is 0 Å². The standard InChI is InChI=1S/C28H26FN3O2S/c1-19-17-21(11-14-25(19)30-4)32-26(33)28(2,3)31(27(32)35)15-8-16-34-22-12-13-23(24(29)18-22)20-9-6-5-7-10-20/h5-7,9-14,17-18H,8,15-16H2,1-3H3. The topological polar surface area (TPSA) is 37.1 Å². The Bertz CT molecular complexity index is 1320. The fourth-order valence-electron chi connectivity index (χ4n) is 4.19. The molecule has 35 heavy (non-hydrogen) atoms. The second-order valence-corrected chi connectivity index (χ2v) is 9.29. The van der Waals surface area contributed by atoms with Crippen molar-refractivity contribution in [2.75, 3.05) is 18.1 Å². The van der Waals surface area contributed by atoms with Crippen LogP contribution in [0.1, 0.15) is 25.8 Å². The summed E-state index contributed by atoms with van der Waals surface area (Å²) in [6.45, 7) is 13.6. The first-order valence-electron chi connectivity index (χ1n) is 11.4. The van der Waals surface area contributed by atoms with Gasteiger partial charge in [0.1, 0.15) is 17.1 Å². The van der Waals surface area contributed by atoms with Crippen LogP contribution in [0.2, 0.25) is 0 Å². The average molecular weight is 488 g/mol. The summed E-state index contributed by atoms with van der Waals surface area (Å²) in [4.78, 5) is 20.1. The summed E-state index contributed by atoms with van der Waals surface area (Å²) < 4.78 is 20.4. The van der Waals surface area contributed by atoms with Gasteiger partial charge in [0.15, 0.2) is 10.8 Å². The monoisotopic (exact) mass is 487 g/mol. The molecule has 0 aliphatic carbocycles. The number of hydrogen-bond acceptors (Lipinski definition) is 3. The van der Waals surface area contributed by atoms with Gasteiger partial charge in [-0.3, -0.25) is 9.69 Å². The molecular formula is C28H26FN3O2S. The van der Waals surface area contributed by atoms with E-state index in [0.29, 0.717) is 47.4 Å². The molecule has 1 fully saturated rings. The van der Waals surface area contributed by atoms with E-state index in [2.05, 4.69) is 4.85 Å². The summed E-state index contributed by atoms with van der Waals surface area (Å²) in [5.41, 5.74) is 2.53. The molecular weight excluding hydrogens is 461 g/mol. The fourth-order valence-corrected chi connectivity index (χ4v) is 4.70. The van der Waals surface area contributed by atoms with Crippen LogP contribution in [0.25, 0.3) is 16.0 Å². The molecule has 5 nitrogen and oxygen atoms in total. The molecule has 3 aromatic carbocycles. The predicted octanol–water partition coefficient (Wildman–Crippen LogP) is 6.53. The maximum Gasteiger partial charge on any atom is 0.258 e. The lowest BCUT2D eigenvalue weighted by Crippen LogP contribution is -2.44. The summed E-state index contributed by atoms with van der Waals surface area (Å²) in [6, 6.07) is 19.5. The first-order chi connectivity index (χ1) is 16.7. The Morgan fingerprint density at radius 2 is 1.83 bits per heavy atom. The molecule has 0 atom stereocenters. The Labute approximate surface area is 210 Å². The third-order valence-corrected chi connectivity index (χ3v) is 6.61. The van der Waals surface area contributed by atoms with E-state index in [4.69, 9.17) is 23.5 Å². The minimum atomic E-state index is -0.813. The van der Waals surface area contributed by atoms with Crippen molar-refractivity contribution in [1.29, 1.82) is 0 Å². The zero-order valence-corrected chi connectivity index (χ0v) is 20.7. The van der Waals surface area contributed by atoms with Crippen molar-refractivity contribution >= 4 is 34.6 Å². The number of nitrogens with zero attached hydrogens (tertiary/aromatic N) is 3. The lowest BCUT2D eigenvalue weighted by atomic mass is 10.0. The van der Waals surface area contributed by atoms with E-state index in [0.717, 1.165) is 11.1 Å². The smallest absolute Gasteiger partial charge is 0.258 e. The zero-order chi connectivity index (χ0) is 25.2. The van der Waals surface area contributed by atoms with E-state index < -0.39 is 5.54 Å². The third kappa shape index (κ3) is 4.75. The van der Waals surface area contributed by atoms with E-state index in [9.17, 15) is 9.18 Å². The Kier molecular flexibility index (Phi) is 6.86. The number of rotatable bonds is 7. The van der Waals surface area contributed by atoms with E-state index in [1.54, 1.807) is 24.3 Å². The molecule has 0 spiro atoms. The van der Waals surface area contributed by atoms with Crippen LogP contribution in [0.15, 0.2) is 66.7 Å². The van der Waals surface area contributed by atoms with E-state index >= 15 is 0 Å². The average Bonchev–Trinajstić information content (AvgIpc) is 3.01. The molecule has 0 N–H and O–H groups in total. The highest BCUT2D eigenvalue weighted by atomic mass is 32.1. The Morgan fingerprint density at radius 1 is 1.09 bits per heavy atom. The van der Waals surface area contributed by atoms with Crippen molar-refractivity contribution in [2.24, 2.45) is 0 Å². The van der Waals surface area contributed by atoms with E-state index in [1.807, 2.05) is 62.1 Å². The highest BCUT2D eigenvalue weighted by Gasteiger charge is 2.49. The predicted molar refractivity (Wildman–Crippen MR) is 140 cm³/mol. The highest BCUT2D eigenvalue weighted by Crippen LogP contribution is 2.34. The first-order valence-corrected chi connectivity index (χ1v) is 11.8. The van der Waals surface area contributed by atoms with Gasteiger partial charge in [-0.05, 0) is 74.8 Å². The Hall–Kier alpha value is -3.76. The lowest BCUT2D eigenvalue weighted by Gasteiger charge is -2.29. The van der Waals surface area contributed by atoms with Crippen LogP contribution in [0.3, 0.4) is 0 Å². The van der Waals surface area contributed by atoms with Gasteiger partial charge in [-0.15, -0.1) is 0 Å². The van der Waals surface area contributed by atoms with Gasteiger partial charge in [0, 0.05) is 23.9 Å². The van der Waals surface area contributed by atoms with Gasteiger partial charge in [-0.25, -0.2) is 9.24 Å². The summed E-state index contributed by atoms with van der Waals surface area (Å²) in [6.07, 6.45) is 0.600. The van der Waals surface area contributed by atoms with Crippen molar-refractivity contribution < 1.29 is 13.9 Å². The van der Waals surface area contributed by atoms with Crippen molar-refractivity contribution in [3.05, 3.63) is 89.5 Å². The molecule has 1 amide bonds. The van der Waals surface area contributed by atoms with Crippen LogP contribution in [0.5, 0.6) is 5.75 Å². The van der Waals surface area contributed by atoms with Gasteiger partial charge in [-0.1, -0.05) is 36.4 Å². The van der Waals surface area contributed by atoms with Crippen LogP contribution >= 0.6 is 12.2 Å². The van der Waals surface area contributed by atoms with E-state index in [-0.39, 0.29) is 11.7 Å². The minimum Gasteiger partial charge on any atom is -0.493 e. The van der Waals surface area contributed by atoms with Crippen molar-refractivity contribution in [1.82, 2.24) is 4.90 Å². The number of ether oxygens (including phenoxy) is 1. The molecule has 1 aliphatic rings. The second kappa shape index (κ2) is 9.85. The van der Waals surface area contributed by atoms with Crippen molar-refractivity contribution in [3.63, 3.8) is 0 Å². The van der Waals surface area contributed by atoms with Crippen molar-refractivity contribution in [3.8, 4) is 16.9 Å². The summed E-state index contributed by atoms with van der Waals surface area (Å²) >= 11 is 5.68. The highest BCUT2D eigenvalue weighted by molar-refractivity contribution is 7.80. The van der Waals surface area contributed by atoms with Gasteiger partial charge in [0.2, 0.25) is 0 Å². The number of amides is 1. The molecule has 178 valence electrons. The summed E-state index contributed by atoms with van der Waals surface area (Å²) in [5, 5.41) is 0.424. The van der Waals surface area contributed by atoms with Crippen molar-refractivity contribution in [2.45, 2.75) is 32.7 Å². The summed E-state index contributed by atoms with van der Waals surface area (Å²) in [7, 11) is 0. The van der Waals surface area contributed by atoms with Crippen LogP contribution in [-0.4, -0.2) is 34.6 Å². The Balaban J connectivity index is 1.39. The third-order valence-electron chi connectivity index (χ3n) is 6.20. The van der Waals surface area contributed by atoms with Gasteiger partial charge >= 0.3 is 0 Å². The number of thiocarbonyl (C=S) groups is 1. The lowest BCUT2D eigenvalue weighted by molar-refractivity contribution is -0.123. The van der Waals surface area contributed by atoms with Gasteiger partial charge < -0.3 is 9.64 Å². The van der Waals surface area contributed by atoms with Crippen LogP contribution in [0, 0.1) is 19.3 Å². The molecule has 0 unspecified atom stereocenters. The number of hydrogen-bond donors (Lipinski definition) is 0. The van der Waals surface area contributed by atoms with E-state index in [1.165, 1.54) is 11.0 Å². The van der Waals surface area contributed by atoms with Gasteiger partial charge in [0.25, 0.3) is 5.91 Å². The van der Waals surface area contributed by atoms with Crippen LogP contribution in [-0.2, 0) is 4.79 Å². The number of benzene rings is 3. The molecule has 3 aromatic rings. The largest absolute Gasteiger partial charge is 0.493 e. The number of anilines is 1. The maximum atomic E-state index is 14.6.